The molecule has 37 heavy (non-hydrogen) atoms. The fraction of sp³-hybridized carbons (Fsp3) is 0.519. The summed E-state index contributed by atoms with van der Waals surface area (Å²) >= 11 is 0. The zero-order chi connectivity index (χ0) is 27.3. The predicted octanol–water partition coefficient (Wildman–Crippen LogP) is 1.98. The number of aryl methyl sites for hydroxylation is 3. The molecule has 2 aliphatic heterocycles. The van der Waals surface area contributed by atoms with Crippen LogP contribution in [0.3, 0.4) is 0 Å². The molecule has 5 heterocycles. The van der Waals surface area contributed by atoms with Gasteiger partial charge >= 0.3 is 0 Å². The van der Waals surface area contributed by atoms with Crippen LogP contribution < -0.4 is 9.78 Å². The number of hydrogen-bond acceptors (Lipinski definition) is 4. The number of hydrogen-bond donors (Lipinski definition) is 0. The monoisotopic (exact) mass is 508 g/mol. The van der Waals surface area contributed by atoms with E-state index in [9.17, 15) is 0 Å². The van der Waals surface area contributed by atoms with Gasteiger partial charge in [-0.1, -0.05) is 38.1 Å². The lowest BCUT2D eigenvalue weighted by atomic mass is 9.96. The van der Waals surface area contributed by atoms with Gasteiger partial charge in [0, 0.05) is 25.8 Å². The van der Waals surface area contributed by atoms with Crippen molar-refractivity contribution in [2.75, 3.05) is 28.2 Å². The van der Waals surface area contributed by atoms with Gasteiger partial charge in [-0.25, -0.2) is 4.98 Å². The van der Waals surface area contributed by atoms with Crippen LogP contribution in [0.25, 0.3) is 5.65 Å². The molecule has 0 aromatic carbocycles. The van der Waals surface area contributed by atoms with E-state index >= 15 is 0 Å². The van der Waals surface area contributed by atoms with Gasteiger partial charge in [-0.2, -0.15) is 5.10 Å². The summed E-state index contributed by atoms with van der Waals surface area (Å²) < 4.78 is 9.83. The molecular formula is C27H44N10. The van der Waals surface area contributed by atoms with Crippen molar-refractivity contribution < 1.29 is 13.8 Å². The highest BCUT2D eigenvalue weighted by molar-refractivity contribution is 5.58. The molecule has 3 aliphatic rings. The normalized spacial score (nSPS) is 17.6. The van der Waals surface area contributed by atoms with Crippen LogP contribution in [-0.2, 0) is 14.1 Å². The number of aromatic nitrogens is 6. The summed E-state index contributed by atoms with van der Waals surface area (Å²) in [5, 5.41) is 8.07. The molecular weight excluding hydrogens is 464 g/mol. The zero-order valence-corrected chi connectivity index (χ0v) is 24.2. The second-order valence-electron chi connectivity index (χ2n) is 10.3. The molecule has 0 fully saturated rings. The molecule has 0 radical (unpaired) electrons. The van der Waals surface area contributed by atoms with E-state index in [2.05, 4.69) is 102 Å². The molecule has 10 nitrogen and oxygen atoms in total. The first-order valence-corrected chi connectivity index (χ1v) is 12.7. The number of allylic oxidation sites excluding steroid dienone is 1. The molecule has 0 spiro atoms. The number of fused-ring (bicyclic) bond motifs is 2. The highest BCUT2D eigenvalue weighted by Gasteiger charge is 2.33. The average Bonchev–Trinajstić information content (AvgIpc) is 3.62. The van der Waals surface area contributed by atoms with Crippen molar-refractivity contribution in [3.8, 4) is 0 Å². The molecule has 10 heteroatoms. The highest BCUT2D eigenvalue weighted by Crippen LogP contribution is 2.31. The van der Waals surface area contributed by atoms with E-state index in [-0.39, 0.29) is 5.54 Å². The molecule has 0 unspecified atom stereocenters. The molecule has 3 aromatic heterocycles. The second kappa shape index (κ2) is 11.6. The molecule has 0 saturated heterocycles. The molecule has 0 amide bonds. The van der Waals surface area contributed by atoms with Gasteiger partial charge in [0.05, 0.1) is 46.4 Å². The summed E-state index contributed by atoms with van der Waals surface area (Å²) in [6.45, 7) is 8.48. The highest BCUT2D eigenvalue weighted by atomic mass is 15.3. The molecule has 0 N–H and O–H groups in total. The van der Waals surface area contributed by atoms with Gasteiger partial charge in [0.1, 0.15) is 18.5 Å². The largest absolute Gasteiger partial charge is 0.397 e. The van der Waals surface area contributed by atoms with Crippen molar-refractivity contribution in [3.05, 3.63) is 60.7 Å². The molecule has 202 valence electrons. The minimum absolute atomic E-state index is 0.203. The van der Waals surface area contributed by atoms with Crippen LogP contribution in [0, 0.1) is 19.0 Å². The summed E-state index contributed by atoms with van der Waals surface area (Å²) in [5.74, 6) is 0.822. The van der Waals surface area contributed by atoms with Crippen LogP contribution in [0.15, 0.2) is 42.8 Å². The van der Waals surface area contributed by atoms with Gasteiger partial charge in [-0.3, -0.25) is 14.5 Å². The van der Waals surface area contributed by atoms with Crippen molar-refractivity contribution in [1.82, 2.24) is 34.1 Å². The first-order chi connectivity index (χ1) is 17.4. The number of rotatable bonds is 0. The van der Waals surface area contributed by atoms with E-state index in [0.717, 1.165) is 11.5 Å². The molecule has 0 bridgehead atoms. The predicted molar refractivity (Wildman–Crippen MR) is 146 cm³/mol. The maximum Gasteiger partial charge on any atom is 0.147 e. The SMILES string of the molecule is CN1C=[N+](C)[C-]2CCCC=C21.C[C-]1[N+](C)=CN(C)C1(C)C.C[n+]1cn2cccc2[n-]1.Cc1ncn(C)n1. The Labute approximate surface area is 221 Å². The lowest BCUT2D eigenvalue weighted by Gasteiger charge is -2.32. The summed E-state index contributed by atoms with van der Waals surface area (Å²) in [7, 11) is 12.2. The van der Waals surface area contributed by atoms with Crippen LogP contribution >= 0.6 is 0 Å². The Morgan fingerprint density at radius 3 is 2.27 bits per heavy atom. The lowest BCUT2D eigenvalue weighted by Crippen LogP contribution is -2.39. The van der Waals surface area contributed by atoms with E-state index in [4.69, 9.17) is 0 Å². The van der Waals surface area contributed by atoms with E-state index in [1.54, 1.807) is 15.7 Å². The maximum absolute atomic E-state index is 4.15. The third-order valence-electron chi connectivity index (χ3n) is 7.07. The minimum atomic E-state index is 0.203. The van der Waals surface area contributed by atoms with Crippen LogP contribution in [0.2, 0.25) is 0 Å². The van der Waals surface area contributed by atoms with Crippen LogP contribution in [0.4, 0.5) is 0 Å². The standard InChI is InChI=1S/C9H14N2.C8H16N2.C6H7N3.C4H7N3/c1-10-7-11(2)9-6-4-3-5-8(9)10;1-7-8(2,3)10(5)6-9(7)4;1-8-5-9-4-2-3-6(9)7-8;1-4-5-3-7(2)6-4/h5,7H,3-4,6H2,1-2H3;6H,1-5H3;2-5H,1H3;3H,1-2H3. The Kier molecular flexibility index (Phi) is 8.73. The van der Waals surface area contributed by atoms with E-state index in [1.807, 2.05) is 50.1 Å². The van der Waals surface area contributed by atoms with Crippen molar-refractivity contribution >= 4 is 18.3 Å². The van der Waals surface area contributed by atoms with E-state index in [1.165, 1.54) is 37.0 Å². The van der Waals surface area contributed by atoms with Gasteiger partial charge in [0.15, 0.2) is 0 Å². The van der Waals surface area contributed by atoms with Gasteiger partial charge in [-0.05, 0) is 38.9 Å². The first-order valence-electron chi connectivity index (χ1n) is 12.7. The van der Waals surface area contributed by atoms with Crippen molar-refractivity contribution in [3.63, 3.8) is 0 Å². The van der Waals surface area contributed by atoms with E-state index in [0.29, 0.717) is 0 Å². The third kappa shape index (κ3) is 6.75. The number of nitrogens with zero attached hydrogens (tertiary/aromatic N) is 10. The Hall–Kier alpha value is -3.69. The smallest absolute Gasteiger partial charge is 0.147 e. The van der Waals surface area contributed by atoms with Gasteiger partial charge in [-0.15, -0.1) is 6.08 Å². The third-order valence-corrected chi connectivity index (χ3v) is 7.07. The van der Waals surface area contributed by atoms with Gasteiger partial charge in [0.25, 0.3) is 0 Å². The molecule has 0 atom stereocenters. The quantitative estimate of drug-likeness (QED) is 0.343. The maximum atomic E-state index is 4.15. The molecule has 1 aliphatic carbocycles. The minimum Gasteiger partial charge on any atom is -0.397 e. The second-order valence-corrected chi connectivity index (χ2v) is 10.3. The summed E-state index contributed by atoms with van der Waals surface area (Å²) in [4.78, 5) is 8.30. The molecule has 3 aromatic rings. The fourth-order valence-electron chi connectivity index (χ4n) is 4.41. The summed E-state index contributed by atoms with van der Waals surface area (Å²) in [6, 6.07) is 6.83. The van der Waals surface area contributed by atoms with Crippen molar-refractivity contribution in [2.24, 2.45) is 14.1 Å². The van der Waals surface area contributed by atoms with Crippen molar-refractivity contribution in [1.29, 1.82) is 0 Å². The van der Waals surface area contributed by atoms with Crippen LogP contribution in [-0.4, -0.2) is 84.5 Å². The Balaban J connectivity index is 0.000000139. The average molecular weight is 509 g/mol. The van der Waals surface area contributed by atoms with Crippen LogP contribution in [0.1, 0.15) is 45.9 Å². The van der Waals surface area contributed by atoms with Gasteiger partial charge < -0.3 is 23.4 Å². The van der Waals surface area contributed by atoms with Crippen LogP contribution in [0.5, 0.6) is 0 Å². The Morgan fingerprint density at radius 2 is 1.81 bits per heavy atom. The van der Waals surface area contributed by atoms with Gasteiger partial charge in [0.2, 0.25) is 0 Å². The number of likely N-dealkylation sites (N-methyl/N-ethyl adjacent to an activating group) is 4. The zero-order valence-electron chi connectivity index (χ0n) is 24.2. The van der Waals surface area contributed by atoms with Crippen molar-refractivity contribution in [2.45, 2.75) is 52.5 Å². The summed E-state index contributed by atoms with van der Waals surface area (Å²) in [6.07, 6.45) is 16.0. The lowest BCUT2D eigenvalue weighted by molar-refractivity contribution is -0.731. The Bertz CT molecular complexity index is 1210. The van der Waals surface area contributed by atoms with E-state index < -0.39 is 0 Å². The molecule has 0 saturated carbocycles. The fourth-order valence-corrected chi connectivity index (χ4v) is 4.41. The first kappa shape index (κ1) is 27.9. The summed E-state index contributed by atoms with van der Waals surface area (Å²) in [5.41, 5.74) is 2.62. The topological polar surface area (TPSA) is 65.6 Å². The Morgan fingerprint density at radius 1 is 1.08 bits per heavy atom. The molecule has 6 rings (SSSR count).